The Hall–Kier alpha value is -5.16. The number of carbonyl (C=O) groups excluding carboxylic acids is 2. The number of hydrogen-bond acceptors (Lipinski definition) is 9. The zero-order valence-corrected chi connectivity index (χ0v) is 28.1. The van der Waals surface area contributed by atoms with Gasteiger partial charge < -0.3 is 23.9 Å². The van der Waals surface area contributed by atoms with E-state index in [0.29, 0.717) is 28.9 Å². The van der Waals surface area contributed by atoms with Crippen molar-refractivity contribution in [3.8, 4) is 17.1 Å². The molecule has 7 rings (SSSR count). The Morgan fingerprint density at radius 2 is 1.76 bits per heavy atom. The molecule has 50 heavy (non-hydrogen) atoms. The van der Waals surface area contributed by atoms with E-state index in [1.54, 1.807) is 35.8 Å². The van der Waals surface area contributed by atoms with E-state index in [4.69, 9.17) is 19.2 Å². The fourth-order valence-corrected chi connectivity index (χ4v) is 7.34. The van der Waals surface area contributed by atoms with E-state index in [-0.39, 0.29) is 54.9 Å². The van der Waals surface area contributed by atoms with Gasteiger partial charge in [-0.25, -0.2) is 9.78 Å². The molecule has 0 amide bonds. The van der Waals surface area contributed by atoms with Crippen LogP contribution in [0.2, 0.25) is 0 Å². The summed E-state index contributed by atoms with van der Waals surface area (Å²) in [6.45, 7) is 2.98. The summed E-state index contributed by atoms with van der Waals surface area (Å²) in [5.41, 5.74) is 3.18. The molecule has 0 radical (unpaired) electrons. The van der Waals surface area contributed by atoms with Crippen LogP contribution in [0.1, 0.15) is 60.0 Å². The van der Waals surface area contributed by atoms with Gasteiger partial charge in [-0.1, -0.05) is 67.6 Å². The molecule has 2 atom stereocenters. The number of aldehydes is 1. The molecular weight excluding hydrogens is 634 g/mol. The van der Waals surface area contributed by atoms with E-state index in [1.807, 2.05) is 42.5 Å². The van der Waals surface area contributed by atoms with Crippen molar-refractivity contribution in [1.82, 2.24) is 14.5 Å². The number of pyridine rings is 2. The van der Waals surface area contributed by atoms with Gasteiger partial charge in [0.2, 0.25) is 0 Å². The highest BCUT2D eigenvalue weighted by Crippen LogP contribution is 2.37. The Kier molecular flexibility index (Phi) is 9.33. The second-order valence-corrected chi connectivity index (χ2v) is 12.9. The molecule has 3 aromatic carbocycles. The number of likely N-dealkylation sites (tertiary alicyclic amines) is 1. The fourth-order valence-electron chi connectivity index (χ4n) is 7.34. The number of benzene rings is 3. The molecule has 1 unspecified atom stereocenters. The Balaban J connectivity index is 1.08. The van der Waals surface area contributed by atoms with Gasteiger partial charge in [0.1, 0.15) is 18.0 Å². The molecule has 5 aromatic rings. The van der Waals surface area contributed by atoms with Crippen LogP contribution >= 0.6 is 0 Å². The lowest BCUT2D eigenvalue weighted by atomic mass is 9.89. The SMILES string of the molecule is CC[C@@](O)(C=O)c1cc2n(c(=O)c1COC)Cc1cc3cc(OC(=O)OCC4CCCN4C(c4ccccc4)c4ccccc4)ccc3nc1-2. The first-order valence-corrected chi connectivity index (χ1v) is 16.9. The predicted molar refractivity (Wildman–Crippen MR) is 188 cm³/mol. The maximum Gasteiger partial charge on any atom is 0.513 e. The maximum absolute atomic E-state index is 13.6. The number of fused-ring (bicyclic) bond motifs is 4. The first-order chi connectivity index (χ1) is 24.3. The van der Waals surface area contributed by atoms with Gasteiger partial charge in [0, 0.05) is 35.2 Å². The monoisotopic (exact) mass is 673 g/mol. The molecule has 0 bridgehead atoms. The average molecular weight is 674 g/mol. The summed E-state index contributed by atoms with van der Waals surface area (Å²) in [4.78, 5) is 45.8. The predicted octanol–water partition coefficient (Wildman–Crippen LogP) is 6.14. The quantitative estimate of drug-likeness (QED) is 0.0983. The topological polar surface area (TPSA) is 120 Å². The molecule has 1 saturated heterocycles. The van der Waals surface area contributed by atoms with Gasteiger partial charge in [-0.05, 0) is 67.3 Å². The van der Waals surface area contributed by atoms with E-state index in [1.165, 1.54) is 18.2 Å². The van der Waals surface area contributed by atoms with Gasteiger partial charge >= 0.3 is 6.16 Å². The summed E-state index contributed by atoms with van der Waals surface area (Å²) < 4.78 is 18.2. The first-order valence-electron chi connectivity index (χ1n) is 16.9. The lowest BCUT2D eigenvalue weighted by molar-refractivity contribution is -0.125. The van der Waals surface area contributed by atoms with Crippen molar-refractivity contribution < 1.29 is 28.9 Å². The number of aromatic nitrogens is 2. The van der Waals surface area contributed by atoms with Gasteiger partial charge in [0.15, 0.2) is 6.29 Å². The fraction of sp³-hybridized carbons (Fsp3) is 0.300. The third-order valence-corrected chi connectivity index (χ3v) is 9.91. The molecule has 0 spiro atoms. The third-order valence-electron chi connectivity index (χ3n) is 9.91. The van der Waals surface area contributed by atoms with Crippen LogP contribution in [-0.4, -0.2) is 58.3 Å². The Bertz CT molecular complexity index is 2060. The van der Waals surface area contributed by atoms with Crippen LogP contribution in [0.25, 0.3) is 22.3 Å². The molecule has 10 nitrogen and oxygen atoms in total. The Labute approximate surface area is 289 Å². The van der Waals surface area contributed by atoms with E-state index < -0.39 is 11.8 Å². The maximum atomic E-state index is 13.6. The van der Waals surface area contributed by atoms with Crippen LogP contribution in [0.15, 0.2) is 95.8 Å². The number of hydrogen-bond donors (Lipinski definition) is 1. The van der Waals surface area contributed by atoms with Gasteiger partial charge in [-0.2, -0.15) is 0 Å². The zero-order valence-electron chi connectivity index (χ0n) is 28.1. The Morgan fingerprint density at radius 1 is 1.04 bits per heavy atom. The Morgan fingerprint density at radius 3 is 2.42 bits per heavy atom. The number of ether oxygens (including phenoxy) is 3. The molecule has 1 N–H and O–H groups in total. The molecule has 0 saturated carbocycles. The minimum atomic E-state index is -1.83. The molecule has 4 heterocycles. The van der Waals surface area contributed by atoms with Gasteiger partial charge in [-0.3, -0.25) is 14.5 Å². The summed E-state index contributed by atoms with van der Waals surface area (Å²) in [6.07, 6.45) is 1.69. The summed E-state index contributed by atoms with van der Waals surface area (Å²) in [6, 6.07) is 29.6. The van der Waals surface area contributed by atoms with Crippen molar-refractivity contribution in [3.63, 3.8) is 0 Å². The smallest absolute Gasteiger partial charge is 0.432 e. The lowest BCUT2D eigenvalue weighted by Gasteiger charge is -2.33. The minimum Gasteiger partial charge on any atom is -0.432 e. The second-order valence-electron chi connectivity index (χ2n) is 12.9. The van der Waals surface area contributed by atoms with E-state index in [9.17, 15) is 19.5 Å². The number of rotatable bonds is 11. The van der Waals surface area contributed by atoms with Crippen molar-refractivity contribution in [2.45, 2.75) is 57.0 Å². The number of nitrogens with zero attached hydrogens (tertiary/aromatic N) is 3. The van der Waals surface area contributed by atoms with Crippen molar-refractivity contribution in [2.24, 2.45) is 0 Å². The molecule has 1 fully saturated rings. The second kappa shape index (κ2) is 14.0. The van der Waals surface area contributed by atoms with Crippen LogP contribution in [0.5, 0.6) is 5.75 Å². The van der Waals surface area contributed by atoms with Crippen molar-refractivity contribution >= 4 is 23.3 Å². The molecule has 10 heteroatoms. The third kappa shape index (κ3) is 6.22. The standard InChI is InChI=1S/C40H39N3O7/c1-3-40(47,25-44)33-21-35-36-29(22-43(35)38(45)32(33)24-48-2)19-28-20-31(16-17-34(28)41-36)50-39(46)49-23-30-15-10-18-42(30)37(26-11-6-4-7-12-26)27-13-8-5-9-14-27/h4-9,11-14,16-17,19-21,25,30,37,47H,3,10,15,18,22-24H2,1-2H3/t30?,40-/m1/s1. The molecular formula is C40H39N3O7. The zero-order chi connectivity index (χ0) is 34.8. The van der Waals surface area contributed by atoms with Crippen LogP contribution in [0.3, 0.4) is 0 Å². The van der Waals surface area contributed by atoms with Crippen LogP contribution in [0, 0.1) is 0 Å². The minimum absolute atomic E-state index is 0.0335. The lowest BCUT2D eigenvalue weighted by Crippen LogP contribution is -2.37. The van der Waals surface area contributed by atoms with E-state index in [0.717, 1.165) is 30.3 Å². The number of aliphatic hydroxyl groups is 1. The summed E-state index contributed by atoms with van der Waals surface area (Å²) in [5.74, 6) is 0.315. The summed E-state index contributed by atoms with van der Waals surface area (Å²) in [7, 11) is 1.46. The highest BCUT2D eigenvalue weighted by Gasteiger charge is 2.35. The average Bonchev–Trinajstić information content (AvgIpc) is 3.76. The van der Waals surface area contributed by atoms with Crippen molar-refractivity contribution in [2.75, 3.05) is 20.3 Å². The van der Waals surface area contributed by atoms with E-state index in [2.05, 4.69) is 29.2 Å². The largest absolute Gasteiger partial charge is 0.513 e. The van der Waals surface area contributed by atoms with Crippen LogP contribution in [0.4, 0.5) is 4.79 Å². The molecule has 2 aromatic heterocycles. The van der Waals surface area contributed by atoms with Gasteiger partial charge in [0.25, 0.3) is 5.56 Å². The highest BCUT2D eigenvalue weighted by molar-refractivity contribution is 5.86. The van der Waals surface area contributed by atoms with Crippen LogP contribution in [-0.2, 0) is 33.0 Å². The van der Waals surface area contributed by atoms with Gasteiger partial charge in [0.05, 0.1) is 36.1 Å². The molecule has 2 aliphatic heterocycles. The van der Waals surface area contributed by atoms with E-state index >= 15 is 0 Å². The molecule has 2 aliphatic rings. The van der Waals surface area contributed by atoms with Crippen molar-refractivity contribution in [3.05, 3.63) is 129 Å². The number of methoxy groups -OCH3 is 1. The molecule has 0 aliphatic carbocycles. The summed E-state index contributed by atoms with van der Waals surface area (Å²) >= 11 is 0. The summed E-state index contributed by atoms with van der Waals surface area (Å²) in [5, 5.41) is 11.8. The number of carbonyl (C=O) groups is 2. The van der Waals surface area contributed by atoms with Crippen molar-refractivity contribution in [1.29, 1.82) is 0 Å². The highest BCUT2D eigenvalue weighted by atomic mass is 16.7. The van der Waals surface area contributed by atoms with Crippen LogP contribution < -0.4 is 10.3 Å². The normalized spacial score (nSPS) is 16.6. The van der Waals surface area contributed by atoms with Gasteiger partial charge in [-0.15, -0.1) is 0 Å². The first kappa shape index (κ1) is 33.3. The molecule has 256 valence electrons.